The second kappa shape index (κ2) is 3.22. The lowest BCUT2D eigenvalue weighted by Gasteiger charge is -2.01. The lowest BCUT2D eigenvalue weighted by molar-refractivity contribution is 0.467. The number of nitriles is 1. The number of phenols is 1. The third-order valence-corrected chi connectivity index (χ3v) is 1.63. The second-order valence-electron chi connectivity index (χ2n) is 2.56. The topological polar surface area (TPSA) is 44.0 Å². The van der Waals surface area contributed by atoms with Crippen LogP contribution in [-0.4, -0.2) is 5.11 Å². The summed E-state index contributed by atoms with van der Waals surface area (Å²) in [5.74, 6) is -0.409. The van der Waals surface area contributed by atoms with Crippen LogP contribution in [0.15, 0.2) is 12.1 Å². The van der Waals surface area contributed by atoms with Crippen LogP contribution in [0.2, 0.25) is 0 Å². The van der Waals surface area contributed by atoms with Crippen molar-refractivity contribution in [1.82, 2.24) is 0 Å². The number of rotatable bonds is 1. The third kappa shape index (κ3) is 1.54. The highest BCUT2D eigenvalue weighted by molar-refractivity contribution is 5.37. The Bertz CT molecular complexity index is 341. The van der Waals surface area contributed by atoms with Gasteiger partial charge in [0.25, 0.3) is 0 Å². The van der Waals surface area contributed by atoms with E-state index < -0.39 is 5.82 Å². The van der Waals surface area contributed by atoms with Crippen molar-refractivity contribution in [3.8, 4) is 11.8 Å². The molecule has 0 amide bonds. The summed E-state index contributed by atoms with van der Waals surface area (Å²) in [7, 11) is 0. The lowest BCUT2D eigenvalue weighted by Crippen LogP contribution is -1.89. The Labute approximate surface area is 69.9 Å². The van der Waals surface area contributed by atoms with E-state index in [1.165, 1.54) is 12.1 Å². The molecular formula is C9H8FNO. The van der Waals surface area contributed by atoms with E-state index in [1.807, 2.05) is 6.07 Å². The van der Waals surface area contributed by atoms with Crippen molar-refractivity contribution < 1.29 is 9.50 Å². The number of benzene rings is 1. The number of nitrogens with zero attached hydrogens (tertiary/aromatic N) is 1. The van der Waals surface area contributed by atoms with Gasteiger partial charge in [-0.1, -0.05) is 0 Å². The van der Waals surface area contributed by atoms with Gasteiger partial charge in [-0.15, -0.1) is 0 Å². The fraction of sp³-hybridized carbons (Fsp3) is 0.222. The van der Waals surface area contributed by atoms with Crippen LogP contribution in [0.4, 0.5) is 4.39 Å². The van der Waals surface area contributed by atoms with Gasteiger partial charge in [0.1, 0.15) is 11.6 Å². The van der Waals surface area contributed by atoms with Gasteiger partial charge in [-0.05, 0) is 24.6 Å². The fourth-order valence-electron chi connectivity index (χ4n) is 0.925. The van der Waals surface area contributed by atoms with Crippen molar-refractivity contribution in [2.24, 2.45) is 0 Å². The van der Waals surface area contributed by atoms with Crippen molar-refractivity contribution >= 4 is 0 Å². The molecule has 1 aromatic rings. The smallest absolute Gasteiger partial charge is 0.127 e. The van der Waals surface area contributed by atoms with Crippen LogP contribution in [0.3, 0.4) is 0 Å². The highest BCUT2D eigenvalue weighted by Gasteiger charge is 2.05. The molecule has 0 spiro atoms. The molecule has 0 aliphatic rings. The number of hydrogen-bond acceptors (Lipinski definition) is 2. The molecule has 0 atom stereocenters. The summed E-state index contributed by atoms with van der Waals surface area (Å²) < 4.78 is 13.0. The maximum absolute atomic E-state index is 13.0. The van der Waals surface area contributed by atoms with Crippen LogP contribution in [0.1, 0.15) is 11.1 Å². The standard InChI is InChI=1S/C9H8FNO/c1-6-4-8(10)7(2-3-11)5-9(6)12/h4-5,12H,2H2,1H3. The van der Waals surface area contributed by atoms with Crippen molar-refractivity contribution in [1.29, 1.82) is 5.26 Å². The molecule has 0 heterocycles. The molecule has 0 unspecified atom stereocenters. The summed E-state index contributed by atoms with van der Waals surface area (Å²) in [6, 6.07) is 4.33. The van der Waals surface area contributed by atoms with Gasteiger partial charge in [-0.2, -0.15) is 5.26 Å². The van der Waals surface area contributed by atoms with Crippen LogP contribution >= 0.6 is 0 Å². The molecular weight excluding hydrogens is 157 g/mol. The number of aromatic hydroxyl groups is 1. The van der Waals surface area contributed by atoms with E-state index in [1.54, 1.807) is 6.92 Å². The summed E-state index contributed by atoms with van der Waals surface area (Å²) in [5.41, 5.74) is 0.717. The predicted molar refractivity (Wildman–Crippen MR) is 42.1 cm³/mol. The molecule has 0 bridgehead atoms. The summed E-state index contributed by atoms with van der Waals surface area (Å²) in [4.78, 5) is 0. The number of aryl methyl sites for hydroxylation is 1. The van der Waals surface area contributed by atoms with Gasteiger partial charge in [0.15, 0.2) is 0 Å². The normalized spacial score (nSPS) is 9.42. The van der Waals surface area contributed by atoms with Gasteiger partial charge in [0.2, 0.25) is 0 Å². The minimum absolute atomic E-state index is 0.0142. The van der Waals surface area contributed by atoms with Gasteiger partial charge >= 0.3 is 0 Å². The largest absolute Gasteiger partial charge is 0.508 e. The molecule has 0 aliphatic heterocycles. The first-order valence-electron chi connectivity index (χ1n) is 3.50. The minimum Gasteiger partial charge on any atom is -0.508 e. The minimum atomic E-state index is -0.438. The van der Waals surface area contributed by atoms with Crippen LogP contribution < -0.4 is 0 Å². The average Bonchev–Trinajstić information content (AvgIpc) is 2.01. The van der Waals surface area contributed by atoms with Crippen molar-refractivity contribution in [3.05, 3.63) is 29.1 Å². The molecule has 3 heteroatoms. The first-order valence-corrected chi connectivity index (χ1v) is 3.50. The molecule has 1 aromatic carbocycles. The predicted octanol–water partition coefficient (Wildman–Crippen LogP) is 1.91. The van der Waals surface area contributed by atoms with Crippen molar-refractivity contribution in [3.63, 3.8) is 0 Å². The first-order chi connectivity index (χ1) is 5.65. The zero-order valence-corrected chi connectivity index (χ0v) is 6.63. The Hall–Kier alpha value is -1.56. The zero-order valence-electron chi connectivity index (χ0n) is 6.63. The zero-order chi connectivity index (χ0) is 9.14. The molecule has 2 nitrogen and oxygen atoms in total. The second-order valence-corrected chi connectivity index (χ2v) is 2.56. The maximum Gasteiger partial charge on any atom is 0.127 e. The summed E-state index contributed by atoms with van der Waals surface area (Å²) in [5, 5.41) is 17.5. The summed E-state index contributed by atoms with van der Waals surface area (Å²) in [6.07, 6.45) is -0.0142. The Morgan fingerprint density at radius 1 is 1.58 bits per heavy atom. The molecule has 62 valence electrons. The maximum atomic E-state index is 13.0. The van der Waals surface area contributed by atoms with Crippen LogP contribution in [0.25, 0.3) is 0 Å². The molecule has 0 saturated heterocycles. The Balaban J connectivity index is 3.16. The van der Waals surface area contributed by atoms with E-state index in [4.69, 9.17) is 5.26 Å². The van der Waals surface area contributed by atoms with E-state index in [-0.39, 0.29) is 17.7 Å². The van der Waals surface area contributed by atoms with E-state index in [0.717, 1.165) is 0 Å². The molecule has 0 aromatic heterocycles. The first kappa shape index (κ1) is 8.54. The Morgan fingerprint density at radius 3 is 2.83 bits per heavy atom. The van der Waals surface area contributed by atoms with Gasteiger partial charge in [0.05, 0.1) is 12.5 Å². The van der Waals surface area contributed by atoms with Crippen LogP contribution in [-0.2, 0) is 6.42 Å². The number of halogens is 1. The van der Waals surface area contributed by atoms with E-state index in [2.05, 4.69) is 0 Å². The molecule has 1 N–H and O–H groups in total. The van der Waals surface area contributed by atoms with Crippen LogP contribution in [0, 0.1) is 24.1 Å². The summed E-state index contributed by atoms with van der Waals surface area (Å²) >= 11 is 0. The van der Waals surface area contributed by atoms with Crippen molar-refractivity contribution in [2.45, 2.75) is 13.3 Å². The van der Waals surface area contributed by atoms with E-state index >= 15 is 0 Å². The van der Waals surface area contributed by atoms with E-state index in [9.17, 15) is 9.50 Å². The molecule has 0 aliphatic carbocycles. The summed E-state index contributed by atoms with van der Waals surface area (Å²) in [6.45, 7) is 1.61. The average molecular weight is 165 g/mol. The Kier molecular flexibility index (Phi) is 2.29. The van der Waals surface area contributed by atoms with E-state index in [0.29, 0.717) is 5.56 Å². The van der Waals surface area contributed by atoms with Gasteiger partial charge in [0, 0.05) is 5.56 Å². The number of hydrogen-bond donors (Lipinski definition) is 1. The molecule has 12 heavy (non-hydrogen) atoms. The highest BCUT2D eigenvalue weighted by atomic mass is 19.1. The van der Waals surface area contributed by atoms with Crippen LogP contribution in [0.5, 0.6) is 5.75 Å². The van der Waals surface area contributed by atoms with Crippen molar-refractivity contribution in [2.75, 3.05) is 0 Å². The van der Waals surface area contributed by atoms with Gasteiger partial charge in [-0.3, -0.25) is 0 Å². The molecule has 1 rings (SSSR count). The number of phenolic OH excluding ortho intramolecular Hbond substituents is 1. The lowest BCUT2D eigenvalue weighted by atomic mass is 10.1. The molecule has 0 fully saturated rings. The SMILES string of the molecule is Cc1cc(F)c(CC#N)cc1O. The third-order valence-electron chi connectivity index (χ3n) is 1.63. The van der Waals surface area contributed by atoms with Gasteiger partial charge in [-0.25, -0.2) is 4.39 Å². The Morgan fingerprint density at radius 2 is 2.25 bits per heavy atom. The molecule has 0 saturated carbocycles. The molecule has 0 radical (unpaired) electrons. The fourth-order valence-corrected chi connectivity index (χ4v) is 0.925. The van der Waals surface area contributed by atoms with Gasteiger partial charge < -0.3 is 5.11 Å². The monoisotopic (exact) mass is 165 g/mol. The highest BCUT2D eigenvalue weighted by Crippen LogP contribution is 2.20. The quantitative estimate of drug-likeness (QED) is 0.690.